The molecule has 1 N–H and O–H groups in total. The molecule has 1 atom stereocenters. The van der Waals surface area contributed by atoms with Crippen molar-refractivity contribution in [2.75, 3.05) is 26.2 Å². The zero-order chi connectivity index (χ0) is 23.1. The SMILES string of the molecule is Cc1nn(-c2ccccc2)cc1C(=O)N1CCC([C@@H](C)C(=O)NCCCOC(C)C)CC1. The lowest BCUT2D eigenvalue weighted by Crippen LogP contribution is -2.43. The van der Waals surface area contributed by atoms with Crippen molar-refractivity contribution < 1.29 is 14.3 Å². The maximum absolute atomic E-state index is 13.1. The van der Waals surface area contributed by atoms with Gasteiger partial charge in [-0.25, -0.2) is 4.68 Å². The van der Waals surface area contributed by atoms with E-state index in [0.717, 1.165) is 30.6 Å². The quantitative estimate of drug-likeness (QED) is 0.605. The predicted octanol–water partition coefficient (Wildman–Crippen LogP) is 3.60. The standard InChI is InChI=1S/C25H36N4O3/c1-18(2)32-16-8-13-26-24(30)19(3)21-11-14-28(15-12-21)25(31)23-17-29(27-20(23)4)22-9-6-5-7-10-22/h5-7,9-10,17-19,21H,8,11-16H2,1-4H3,(H,26,30)/t19-/m1/s1. The molecule has 2 amide bonds. The van der Waals surface area contributed by atoms with Gasteiger partial charge in [-0.1, -0.05) is 25.1 Å². The number of para-hydroxylation sites is 1. The molecule has 32 heavy (non-hydrogen) atoms. The monoisotopic (exact) mass is 440 g/mol. The molecule has 0 saturated carbocycles. The van der Waals surface area contributed by atoms with Crippen LogP contribution < -0.4 is 5.32 Å². The Morgan fingerprint density at radius 3 is 2.50 bits per heavy atom. The number of likely N-dealkylation sites (tertiary alicyclic amines) is 1. The molecule has 2 aromatic rings. The Balaban J connectivity index is 1.48. The average molecular weight is 441 g/mol. The number of ether oxygens (including phenoxy) is 1. The van der Waals surface area contributed by atoms with E-state index in [1.165, 1.54) is 0 Å². The molecular weight excluding hydrogens is 404 g/mol. The average Bonchev–Trinajstić information content (AvgIpc) is 3.19. The molecule has 0 spiro atoms. The summed E-state index contributed by atoms with van der Waals surface area (Å²) in [5.41, 5.74) is 2.31. The molecule has 0 radical (unpaired) electrons. The summed E-state index contributed by atoms with van der Waals surface area (Å²) in [5.74, 6) is 0.352. The lowest BCUT2D eigenvalue weighted by atomic mass is 9.84. The van der Waals surface area contributed by atoms with E-state index in [0.29, 0.717) is 37.7 Å². The number of carbonyl (C=O) groups is 2. The molecule has 0 unspecified atom stereocenters. The highest BCUT2D eigenvalue weighted by atomic mass is 16.5. The molecule has 3 rings (SSSR count). The summed E-state index contributed by atoms with van der Waals surface area (Å²) in [4.78, 5) is 27.5. The highest BCUT2D eigenvalue weighted by Gasteiger charge is 2.31. The fourth-order valence-electron chi connectivity index (χ4n) is 4.13. The summed E-state index contributed by atoms with van der Waals surface area (Å²) in [5, 5.41) is 7.55. The minimum atomic E-state index is -0.0548. The van der Waals surface area contributed by atoms with E-state index in [2.05, 4.69) is 10.4 Å². The number of nitrogens with zero attached hydrogens (tertiary/aromatic N) is 3. The van der Waals surface area contributed by atoms with Crippen LogP contribution in [0.15, 0.2) is 36.5 Å². The molecule has 0 bridgehead atoms. The minimum Gasteiger partial charge on any atom is -0.379 e. The number of carbonyl (C=O) groups excluding carboxylic acids is 2. The van der Waals surface area contributed by atoms with Crippen LogP contribution in [-0.2, 0) is 9.53 Å². The van der Waals surface area contributed by atoms with Crippen LogP contribution in [0, 0.1) is 18.8 Å². The molecule has 1 aliphatic rings. The summed E-state index contributed by atoms with van der Waals surface area (Å²) < 4.78 is 7.27. The summed E-state index contributed by atoms with van der Waals surface area (Å²) in [6.45, 7) is 10.5. The van der Waals surface area contributed by atoms with Crippen LogP contribution in [0.3, 0.4) is 0 Å². The number of hydrogen-bond donors (Lipinski definition) is 1. The van der Waals surface area contributed by atoms with Gasteiger partial charge in [0.05, 0.1) is 23.0 Å². The van der Waals surface area contributed by atoms with Crippen LogP contribution in [-0.4, -0.2) is 58.8 Å². The van der Waals surface area contributed by atoms with Gasteiger partial charge in [-0.05, 0) is 58.1 Å². The number of hydrogen-bond acceptors (Lipinski definition) is 4. The van der Waals surface area contributed by atoms with Gasteiger partial charge in [0.2, 0.25) is 5.91 Å². The van der Waals surface area contributed by atoms with Gasteiger partial charge in [-0.15, -0.1) is 0 Å². The molecule has 1 aliphatic heterocycles. The van der Waals surface area contributed by atoms with Gasteiger partial charge >= 0.3 is 0 Å². The molecule has 174 valence electrons. The lowest BCUT2D eigenvalue weighted by molar-refractivity contribution is -0.126. The van der Waals surface area contributed by atoms with Gasteiger partial charge in [0.25, 0.3) is 5.91 Å². The Hall–Kier alpha value is -2.67. The molecule has 1 saturated heterocycles. The van der Waals surface area contributed by atoms with Gasteiger partial charge in [0.15, 0.2) is 0 Å². The van der Waals surface area contributed by atoms with Crippen molar-refractivity contribution in [3.8, 4) is 5.69 Å². The molecule has 7 nitrogen and oxygen atoms in total. The topological polar surface area (TPSA) is 76.5 Å². The largest absolute Gasteiger partial charge is 0.379 e. The number of benzene rings is 1. The van der Waals surface area contributed by atoms with Crippen LogP contribution in [0.5, 0.6) is 0 Å². The number of piperidine rings is 1. The normalized spacial score (nSPS) is 15.7. The van der Waals surface area contributed by atoms with E-state index < -0.39 is 0 Å². The van der Waals surface area contributed by atoms with Crippen molar-refractivity contribution in [3.05, 3.63) is 47.8 Å². The van der Waals surface area contributed by atoms with Crippen molar-refractivity contribution in [1.29, 1.82) is 0 Å². The van der Waals surface area contributed by atoms with Gasteiger partial charge in [0, 0.05) is 38.4 Å². The molecule has 1 aromatic carbocycles. The van der Waals surface area contributed by atoms with E-state index in [-0.39, 0.29) is 23.8 Å². The second-order valence-electron chi connectivity index (χ2n) is 8.89. The first-order valence-electron chi connectivity index (χ1n) is 11.7. The Kier molecular flexibility index (Phi) is 8.45. The van der Waals surface area contributed by atoms with Gasteiger partial charge in [0.1, 0.15) is 0 Å². The van der Waals surface area contributed by atoms with Crippen LogP contribution >= 0.6 is 0 Å². The van der Waals surface area contributed by atoms with E-state index in [9.17, 15) is 9.59 Å². The Bertz CT molecular complexity index is 886. The fraction of sp³-hybridized carbons (Fsp3) is 0.560. The first-order chi connectivity index (χ1) is 15.4. The van der Waals surface area contributed by atoms with Crippen molar-refractivity contribution in [1.82, 2.24) is 20.0 Å². The molecule has 1 fully saturated rings. The zero-order valence-corrected chi connectivity index (χ0v) is 19.7. The van der Waals surface area contributed by atoms with Crippen LogP contribution in [0.25, 0.3) is 5.69 Å². The third kappa shape index (κ3) is 6.19. The molecule has 2 heterocycles. The summed E-state index contributed by atoms with van der Waals surface area (Å²) in [6.07, 6.45) is 4.53. The third-order valence-electron chi connectivity index (χ3n) is 6.17. The number of amides is 2. The van der Waals surface area contributed by atoms with Gasteiger partial charge < -0.3 is 15.0 Å². The van der Waals surface area contributed by atoms with Gasteiger partial charge in [-0.3, -0.25) is 9.59 Å². The Morgan fingerprint density at radius 2 is 1.84 bits per heavy atom. The number of nitrogens with one attached hydrogen (secondary N) is 1. The van der Waals surface area contributed by atoms with Crippen molar-refractivity contribution in [2.24, 2.45) is 11.8 Å². The first-order valence-corrected chi connectivity index (χ1v) is 11.7. The summed E-state index contributed by atoms with van der Waals surface area (Å²) in [6, 6.07) is 9.80. The third-order valence-corrected chi connectivity index (χ3v) is 6.17. The maximum atomic E-state index is 13.1. The highest BCUT2D eigenvalue weighted by Crippen LogP contribution is 2.26. The van der Waals surface area contributed by atoms with Crippen LogP contribution in [0.1, 0.15) is 56.1 Å². The van der Waals surface area contributed by atoms with Crippen molar-refractivity contribution in [2.45, 2.75) is 53.1 Å². The van der Waals surface area contributed by atoms with E-state index in [1.807, 2.05) is 69.1 Å². The van der Waals surface area contributed by atoms with E-state index in [1.54, 1.807) is 4.68 Å². The minimum absolute atomic E-state index is 0.0189. The summed E-state index contributed by atoms with van der Waals surface area (Å²) >= 11 is 0. The van der Waals surface area contributed by atoms with E-state index >= 15 is 0 Å². The molecule has 7 heteroatoms. The Labute approximate surface area is 191 Å². The first kappa shape index (κ1) is 24.0. The maximum Gasteiger partial charge on any atom is 0.257 e. The van der Waals surface area contributed by atoms with E-state index in [4.69, 9.17) is 4.74 Å². The number of rotatable bonds is 9. The molecular formula is C25H36N4O3. The van der Waals surface area contributed by atoms with Crippen LogP contribution in [0.2, 0.25) is 0 Å². The zero-order valence-electron chi connectivity index (χ0n) is 19.7. The fourth-order valence-corrected chi connectivity index (χ4v) is 4.13. The number of aromatic nitrogens is 2. The second-order valence-corrected chi connectivity index (χ2v) is 8.89. The van der Waals surface area contributed by atoms with Crippen molar-refractivity contribution >= 4 is 11.8 Å². The molecule has 0 aliphatic carbocycles. The Morgan fingerprint density at radius 1 is 1.16 bits per heavy atom. The second kappa shape index (κ2) is 11.3. The lowest BCUT2D eigenvalue weighted by Gasteiger charge is -2.34. The number of aryl methyl sites for hydroxylation is 1. The predicted molar refractivity (Wildman–Crippen MR) is 125 cm³/mol. The van der Waals surface area contributed by atoms with Crippen molar-refractivity contribution in [3.63, 3.8) is 0 Å². The smallest absolute Gasteiger partial charge is 0.257 e. The molecule has 1 aromatic heterocycles. The van der Waals surface area contributed by atoms with Gasteiger partial charge in [-0.2, -0.15) is 5.10 Å². The van der Waals surface area contributed by atoms with Crippen LogP contribution in [0.4, 0.5) is 0 Å². The highest BCUT2D eigenvalue weighted by molar-refractivity contribution is 5.95. The summed E-state index contributed by atoms with van der Waals surface area (Å²) in [7, 11) is 0.